The van der Waals surface area contributed by atoms with Crippen LogP contribution in [-0.4, -0.2) is 54.7 Å². The normalized spacial score (nSPS) is 19.7. The summed E-state index contributed by atoms with van der Waals surface area (Å²) in [7, 11) is 3.20. The summed E-state index contributed by atoms with van der Waals surface area (Å²) in [6, 6.07) is 5.66. The van der Waals surface area contributed by atoms with Crippen molar-refractivity contribution in [2.75, 3.05) is 32.6 Å². The molecule has 7 heteroatoms. The first-order valence-electron chi connectivity index (χ1n) is 7.16. The van der Waals surface area contributed by atoms with E-state index in [9.17, 15) is 9.59 Å². The van der Waals surface area contributed by atoms with Gasteiger partial charge in [0, 0.05) is 43.1 Å². The van der Waals surface area contributed by atoms with Crippen LogP contribution in [0.4, 0.5) is 10.5 Å². The molecule has 118 valence electrons. The van der Waals surface area contributed by atoms with Crippen molar-refractivity contribution in [2.24, 2.45) is 0 Å². The van der Waals surface area contributed by atoms with Gasteiger partial charge in [-0.05, 0) is 18.2 Å². The number of piperidine rings is 1. The third-order valence-electron chi connectivity index (χ3n) is 4.55. The molecular formula is C15H18BrN3O3. The first kappa shape index (κ1) is 15.1. The number of carbonyl (C=O) groups is 2. The highest BCUT2D eigenvalue weighted by atomic mass is 79.9. The van der Waals surface area contributed by atoms with Crippen LogP contribution in [0.2, 0.25) is 0 Å². The van der Waals surface area contributed by atoms with Crippen molar-refractivity contribution in [1.82, 2.24) is 9.80 Å². The number of halogens is 1. The summed E-state index contributed by atoms with van der Waals surface area (Å²) in [5.74, 6) is 0.00145. The van der Waals surface area contributed by atoms with Crippen LogP contribution in [0, 0.1) is 0 Å². The number of methoxy groups -OCH3 is 1. The lowest BCUT2D eigenvalue weighted by atomic mass is 9.91. The first-order valence-corrected chi connectivity index (χ1v) is 7.95. The fourth-order valence-electron chi connectivity index (χ4n) is 3.16. The zero-order chi connectivity index (χ0) is 15.9. The van der Waals surface area contributed by atoms with E-state index in [0.717, 1.165) is 10.2 Å². The molecule has 0 bridgehead atoms. The predicted molar refractivity (Wildman–Crippen MR) is 85.8 cm³/mol. The van der Waals surface area contributed by atoms with Crippen molar-refractivity contribution in [3.63, 3.8) is 0 Å². The molecule has 22 heavy (non-hydrogen) atoms. The molecule has 3 rings (SSSR count). The minimum Gasteiger partial charge on any atom is -0.453 e. The molecule has 1 saturated heterocycles. The van der Waals surface area contributed by atoms with Gasteiger partial charge in [-0.1, -0.05) is 15.9 Å². The molecule has 2 aliphatic rings. The predicted octanol–water partition coefficient (Wildman–Crippen LogP) is 2.51. The number of benzene rings is 1. The molecule has 0 atom stereocenters. The Kier molecular flexibility index (Phi) is 3.76. The Hall–Kier alpha value is -1.76. The van der Waals surface area contributed by atoms with Crippen molar-refractivity contribution in [2.45, 2.75) is 18.5 Å². The largest absolute Gasteiger partial charge is 0.453 e. The van der Waals surface area contributed by atoms with Crippen molar-refractivity contribution in [3.05, 3.63) is 28.2 Å². The van der Waals surface area contributed by atoms with E-state index in [2.05, 4.69) is 21.2 Å². The quantitative estimate of drug-likeness (QED) is 0.765. The van der Waals surface area contributed by atoms with Crippen molar-refractivity contribution in [1.29, 1.82) is 0 Å². The zero-order valence-corrected chi connectivity index (χ0v) is 14.1. The molecular weight excluding hydrogens is 350 g/mol. The van der Waals surface area contributed by atoms with E-state index in [1.54, 1.807) is 9.80 Å². The summed E-state index contributed by atoms with van der Waals surface area (Å²) in [5.41, 5.74) is 1.07. The van der Waals surface area contributed by atoms with E-state index in [1.165, 1.54) is 7.11 Å². The van der Waals surface area contributed by atoms with Gasteiger partial charge in [0.15, 0.2) is 0 Å². The number of anilines is 1. The number of nitrogens with one attached hydrogen (secondary N) is 1. The lowest BCUT2D eigenvalue weighted by molar-refractivity contribution is 0.0363. The second kappa shape index (κ2) is 5.46. The van der Waals surface area contributed by atoms with Gasteiger partial charge in [-0.2, -0.15) is 0 Å². The average molecular weight is 368 g/mol. The van der Waals surface area contributed by atoms with Gasteiger partial charge >= 0.3 is 6.09 Å². The number of fused-ring (bicyclic) bond motifs is 1. The Labute approximate surface area is 137 Å². The summed E-state index contributed by atoms with van der Waals surface area (Å²) in [6.45, 7) is 1.12. The smallest absolute Gasteiger partial charge is 0.409 e. The van der Waals surface area contributed by atoms with Crippen LogP contribution in [0.15, 0.2) is 22.7 Å². The summed E-state index contributed by atoms with van der Waals surface area (Å²) < 4.78 is 5.64. The monoisotopic (exact) mass is 367 g/mol. The summed E-state index contributed by atoms with van der Waals surface area (Å²) in [4.78, 5) is 27.7. The summed E-state index contributed by atoms with van der Waals surface area (Å²) >= 11 is 3.40. The van der Waals surface area contributed by atoms with Crippen molar-refractivity contribution in [3.8, 4) is 0 Å². The van der Waals surface area contributed by atoms with Gasteiger partial charge in [0.1, 0.15) is 5.66 Å². The van der Waals surface area contributed by atoms with Gasteiger partial charge in [-0.25, -0.2) is 4.79 Å². The third-order valence-corrected chi connectivity index (χ3v) is 5.04. The van der Waals surface area contributed by atoms with Crippen LogP contribution < -0.4 is 5.32 Å². The maximum absolute atomic E-state index is 12.7. The number of rotatable bonds is 0. The van der Waals surface area contributed by atoms with E-state index in [-0.39, 0.29) is 12.0 Å². The fourth-order valence-corrected chi connectivity index (χ4v) is 3.52. The first-order chi connectivity index (χ1) is 10.5. The molecule has 2 aliphatic heterocycles. The van der Waals surface area contributed by atoms with Gasteiger partial charge in [0.2, 0.25) is 0 Å². The molecule has 6 nitrogen and oxygen atoms in total. The maximum atomic E-state index is 12.7. The molecule has 0 unspecified atom stereocenters. The molecule has 0 radical (unpaired) electrons. The molecule has 1 N–H and O–H groups in total. The lowest BCUT2D eigenvalue weighted by Gasteiger charge is -2.50. The van der Waals surface area contributed by atoms with E-state index in [1.807, 2.05) is 25.2 Å². The van der Waals surface area contributed by atoms with Crippen LogP contribution >= 0.6 is 15.9 Å². The van der Waals surface area contributed by atoms with E-state index in [4.69, 9.17) is 4.74 Å². The van der Waals surface area contributed by atoms with Crippen LogP contribution in [0.5, 0.6) is 0 Å². The molecule has 0 saturated carbocycles. The maximum Gasteiger partial charge on any atom is 0.409 e. The molecule has 1 aromatic carbocycles. The fraction of sp³-hybridized carbons (Fsp3) is 0.467. The Bertz CT molecular complexity index is 626. The van der Waals surface area contributed by atoms with Gasteiger partial charge in [-0.15, -0.1) is 0 Å². The highest BCUT2D eigenvalue weighted by molar-refractivity contribution is 9.10. The van der Waals surface area contributed by atoms with Gasteiger partial charge in [0.05, 0.1) is 12.7 Å². The number of carbonyl (C=O) groups excluding carboxylic acids is 2. The van der Waals surface area contributed by atoms with Gasteiger partial charge in [0.25, 0.3) is 5.91 Å². The zero-order valence-electron chi connectivity index (χ0n) is 12.6. The number of ether oxygens (including phenoxy) is 1. The van der Waals surface area contributed by atoms with E-state index in [0.29, 0.717) is 31.5 Å². The van der Waals surface area contributed by atoms with E-state index >= 15 is 0 Å². The average Bonchev–Trinajstić information content (AvgIpc) is 2.54. The van der Waals surface area contributed by atoms with Gasteiger partial charge in [-0.3, -0.25) is 4.79 Å². The van der Waals surface area contributed by atoms with Crippen molar-refractivity contribution < 1.29 is 14.3 Å². The Morgan fingerprint density at radius 2 is 2.05 bits per heavy atom. The van der Waals surface area contributed by atoms with Crippen LogP contribution in [0.1, 0.15) is 23.2 Å². The molecule has 2 heterocycles. The minimum atomic E-state index is -0.442. The molecule has 0 aliphatic carbocycles. The molecule has 1 fully saturated rings. The number of nitrogens with zero attached hydrogens (tertiary/aromatic N) is 2. The highest BCUT2D eigenvalue weighted by Crippen LogP contribution is 2.37. The number of hydrogen-bond donors (Lipinski definition) is 1. The second-order valence-electron chi connectivity index (χ2n) is 5.67. The Morgan fingerprint density at radius 3 is 2.68 bits per heavy atom. The van der Waals surface area contributed by atoms with Gasteiger partial charge < -0.3 is 19.9 Å². The third kappa shape index (κ3) is 2.33. The topological polar surface area (TPSA) is 61.9 Å². The Morgan fingerprint density at radius 1 is 1.36 bits per heavy atom. The van der Waals surface area contributed by atoms with E-state index < -0.39 is 5.66 Å². The standard InChI is InChI=1S/C15H18BrN3O3/c1-18-13(20)11-9-10(16)3-4-12(11)17-15(18)5-7-19(8-6-15)14(21)22-2/h3-4,9,17H,5-8H2,1-2H3. The van der Waals surface area contributed by atoms with Crippen LogP contribution in [0.3, 0.4) is 0 Å². The summed E-state index contributed by atoms with van der Waals surface area (Å²) in [5, 5.41) is 3.50. The summed E-state index contributed by atoms with van der Waals surface area (Å²) in [6.07, 6.45) is 1.02. The van der Waals surface area contributed by atoms with Crippen molar-refractivity contribution >= 4 is 33.6 Å². The SMILES string of the molecule is COC(=O)N1CCC2(CC1)Nc1ccc(Br)cc1C(=O)N2C. The Balaban J connectivity index is 1.86. The minimum absolute atomic E-state index is 0.00145. The van der Waals surface area contributed by atoms with Crippen LogP contribution in [-0.2, 0) is 4.74 Å². The lowest BCUT2D eigenvalue weighted by Crippen LogP contribution is -2.63. The molecule has 1 spiro atoms. The number of likely N-dealkylation sites (tertiary alicyclic amines) is 1. The molecule has 1 aromatic rings. The number of hydrogen-bond acceptors (Lipinski definition) is 4. The molecule has 0 aromatic heterocycles. The number of amides is 2. The highest BCUT2D eigenvalue weighted by Gasteiger charge is 2.45. The second-order valence-corrected chi connectivity index (χ2v) is 6.58. The molecule has 2 amide bonds. The van der Waals surface area contributed by atoms with Crippen LogP contribution in [0.25, 0.3) is 0 Å².